The van der Waals surface area contributed by atoms with E-state index >= 15 is 0 Å². The number of hydrogen-bond acceptors (Lipinski definition) is 7. The van der Waals surface area contributed by atoms with Crippen LogP contribution in [0.4, 0.5) is 0 Å². The van der Waals surface area contributed by atoms with Crippen LogP contribution in [-0.2, 0) is 13.8 Å². The number of ether oxygens (including phenoxy) is 2. The van der Waals surface area contributed by atoms with Crippen LogP contribution in [0.3, 0.4) is 0 Å². The topological polar surface area (TPSA) is 105 Å². The third-order valence-corrected chi connectivity index (χ3v) is 5.10. The minimum absolute atomic E-state index is 0.0385. The lowest BCUT2D eigenvalue weighted by atomic mass is 10.2. The van der Waals surface area contributed by atoms with Crippen molar-refractivity contribution in [2.24, 2.45) is 0 Å². The lowest BCUT2D eigenvalue weighted by Gasteiger charge is -2.08. The van der Waals surface area contributed by atoms with Gasteiger partial charge in [0.2, 0.25) is 5.88 Å². The molecule has 150 valence electrons. The smallest absolute Gasteiger partial charge is 0.358 e. The quantitative estimate of drug-likeness (QED) is 0.433. The van der Waals surface area contributed by atoms with E-state index in [1.54, 1.807) is 37.3 Å². The molecule has 0 radical (unpaired) electrons. The molecule has 3 rings (SSSR count). The number of hydrogen-bond donors (Lipinski definition) is 0. The summed E-state index contributed by atoms with van der Waals surface area (Å²) in [4.78, 5) is 24.4. The monoisotopic (exact) mass is 434 g/mol. The molecule has 0 aliphatic carbocycles. The van der Waals surface area contributed by atoms with Crippen molar-refractivity contribution < 1.29 is 27.5 Å². The van der Waals surface area contributed by atoms with Crippen LogP contribution in [0.1, 0.15) is 27.8 Å². The summed E-state index contributed by atoms with van der Waals surface area (Å²) in [5.41, 5.74) is 0.582. The molecule has 0 N–H and O–H groups in total. The fourth-order valence-corrected chi connectivity index (χ4v) is 3.17. The van der Waals surface area contributed by atoms with Gasteiger partial charge in [0, 0.05) is 16.7 Å². The second-order valence-electron chi connectivity index (χ2n) is 5.69. The molecule has 0 aliphatic rings. The maximum Gasteiger partial charge on any atom is 0.358 e. The SMILES string of the molecule is CCOC(=O)c1cc(OC(=O)c2ccccc2)n(-c2ccc(S(=O)(=O)Cl)cc2)n1. The molecule has 0 amide bonds. The van der Waals surface area contributed by atoms with E-state index in [0.29, 0.717) is 11.3 Å². The van der Waals surface area contributed by atoms with Gasteiger partial charge < -0.3 is 9.47 Å². The van der Waals surface area contributed by atoms with Crippen LogP contribution >= 0.6 is 10.7 Å². The Morgan fingerprint density at radius 2 is 1.69 bits per heavy atom. The van der Waals surface area contributed by atoms with Crippen molar-refractivity contribution >= 4 is 31.7 Å². The minimum Gasteiger partial charge on any atom is -0.461 e. The van der Waals surface area contributed by atoms with E-state index < -0.39 is 21.0 Å². The molecular formula is C19H15ClN2O6S. The van der Waals surface area contributed by atoms with Crippen molar-refractivity contribution in [2.75, 3.05) is 6.61 Å². The van der Waals surface area contributed by atoms with E-state index in [1.807, 2.05) is 0 Å². The maximum absolute atomic E-state index is 12.4. The van der Waals surface area contributed by atoms with Crippen LogP contribution in [0.25, 0.3) is 5.69 Å². The summed E-state index contributed by atoms with van der Waals surface area (Å²) < 4.78 is 34.4. The number of benzene rings is 2. The van der Waals surface area contributed by atoms with E-state index in [0.717, 1.165) is 0 Å². The van der Waals surface area contributed by atoms with E-state index in [2.05, 4.69) is 5.10 Å². The van der Waals surface area contributed by atoms with E-state index in [4.69, 9.17) is 20.2 Å². The number of halogens is 1. The molecule has 0 spiro atoms. The standard InChI is InChI=1S/C19H15ClN2O6S/c1-2-27-19(24)16-12-17(28-18(23)13-6-4-3-5-7-13)22(21-16)14-8-10-15(11-9-14)29(20,25)26/h3-12H,2H2,1H3. The van der Waals surface area contributed by atoms with Crippen LogP contribution in [-0.4, -0.2) is 36.7 Å². The summed E-state index contributed by atoms with van der Waals surface area (Å²) in [6, 6.07) is 14.9. The summed E-state index contributed by atoms with van der Waals surface area (Å²) in [5.74, 6) is -1.38. The first-order valence-corrected chi connectivity index (χ1v) is 10.7. The molecule has 1 aromatic heterocycles. The van der Waals surface area contributed by atoms with Gasteiger partial charge in [-0.25, -0.2) is 18.0 Å². The highest BCUT2D eigenvalue weighted by Gasteiger charge is 2.21. The molecule has 8 nitrogen and oxygen atoms in total. The minimum atomic E-state index is -3.90. The van der Waals surface area contributed by atoms with Crippen molar-refractivity contribution in [1.29, 1.82) is 0 Å². The van der Waals surface area contributed by atoms with Gasteiger partial charge >= 0.3 is 11.9 Å². The van der Waals surface area contributed by atoms with Gasteiger partial charge in [0.25, 0.3) is 9.05 Å². The molecule has 0 saturated heterocycles. The Morgan fingerprint density at radius 3 is 2.28 bits per heavy atom. The van der Waals surface area contributed by atoms with Gasteiger partial charge in [0.15, 0.2) is 5.69 Å². The maximum atomic E-state index is 12.4. The zero-order chi connectivity index (χ0) is 21.0. The number of rotatable bonds is 6. The Morgan fingerprint density at radius 1 is 1.03 bits per heavy atom. The zero-order valence-corrected chi connectivity index (χ0v) is 16.7. The van der Waals surface area contributed by atoms with Crippen LogP contribution in [0.2, 0.25) is 0 Å². The summed E-state index contributed by atoms with van der Waals surface area (Å²) in [5, 5.41) is 4.12. The lowest BCUT2D eigenvalue weighted by Crippen LogP contribution is -2.11. The van der Waals surface area contributed by atoms with Gasteiger partial charge in [-0.05, 0) is 43.3 Å². The molecular weight excluding hydrogens is 420 g/mol. The van der Waals surface area contributed by atoms with Crippen molar-refractivity contribution in [3.05, 3.63) is 71.9 Å². The molecule has 2 aromatic carbocycles. The highest BCUT2D eigenvalue weighted by Crippen LogP contribution is 2.23. The lowest BCUT2D eigenvalue weighted by molar-refractivity contribution is 0.0518. The Labute approximate surface area is 171 Å². The second kappa shape index (κ2) is 8.46. The van der Waals surface area contributed by atoms with E-state index in [-0.39, 0.29) is 23.1 Å². The van der Waals surface area contributed by atoms with Gasteiger partial charge in [-0.2, -0.15) is 9.78 Å². The Hall–Kier alpha value is -3.17. The van der Waals surface area contributed by atoms with Crippen LogP contribution < -0.4 is 4.74 Å². The van der Waals surface area contributed by atoms with Crippen molar-refractivity contribution in [2.45, 2.75) is 11.8 Å². The number of carbonyl (C=O) groups excluding carboxylic acids is 2. The molecule has 0 atom stereocenters. The highest BCUT2D eigenvalue weighted by atomic mass is 35.7. The molecule has 0 unspecified atom stereocenters. The molecule has 0 bridgehead atoms. The van der Waals surface area contributed by atoms with Crippen molar-refractivity contribution in [1.82, 2.24) is 9.78 Å². The Balaban J connectivity index is 2.00. The summed E-state index contributed by atoms with van der Waals surface area (Å²) in [7, 11) is 1.43. The van der Waals surface area contributed by atoms with Crippen LogP contribution in [0, 0.1) is 0 Å². The zero-order valence-electron chi connectivity index (χ0n) is 15.1. The number of esters is 2. The fourth-order valence-electron chi connectivity index (χ4n) is 2.40. The molecule has 0 aliphatic heterocycles. The largest absolute Gasteiger partial charge is 0.461 e. The predicted molar refractivity (Wildman–Crippen MR) is 104 cm³/mol. The summed E-state index contributed by atoms with van der Waals surface area (Å²) in [6.45, 7) is 1.80. The normalized spacial score (nSPS) is 11.1. The average molecular weight is 435 g/mol. The summed E-state index contributed by atoms with van der Waals surface area (Å²) in [6.07, 6.45) is 0. The third kappa shape index (κ3) is 4.82. The molecule has 10 heteroatoms. The first kappa shape index (κ1) is 20.6. The Kier molecular flexibility index (Phi) is 6.00. The van der Waals surface area contributed by atoms with E-state index in [1.165, 1.54) is 35.0 Å². The molecule has 0 fully saturated rings. The molecule has 29 heavy (non-hydrogen) atoms. The third-order valence-electron chi connectivity index (χ3n) is 3.73. The second-order valence-corrected chi connectivity index (χ2v) is 8.25. The van der Waals surface area contributed by atoms with Crippen LogP contribution in [0.15, 0.2) is 65.6 Å². The van der Waals surface area contributed by atoms with Crippen molar-refractivity contribution in [3.8, 4) is 11.6 Å². The fraction of sp³-hybridized carbons (Fsp3) is 0.105. The van der Waals surface area contributed by atoms with Gasteiger partial charge in [-0.3, -0.25) is 0 Å². The average Bonchev–Trinajstić information content (AvgIpc) is 3.12. The van der Waals surface area contributed by atoms with E-state index in [9.17, 15) is 18.0 Å². The van der Waals surface area contributed by atoms with Crippen molar-refractivity contribution in [3.63, 3.8) is 0 Å². The predicted octanol–water partition coefficient (Wildman–Crippen LogP) is 3.20. The molecule has 3 aromatic rings. The number of carbonyl (C=O) groups is 2. The van der Waals surface area contributed by atoms with Gasteiger partial charge in [-0.1, -0.05) is 18.2 Å². The van der Waals surface area contributed by atoms with Gasteiger partial charge in [0.05, 0.1) is 22.8 Å². The molecule has 0 saturated carbocycles. The first-order chi connectivity index (χ1) is 13.8. The number of nitrogens with zero attached hydrogens (tertiary/aromatic N) is 2. The highest BCUT2D eigenvalue weighted by molar-refractivity contribution is 8.13. The van der Waals surface area contributed by atoms with Gasteiger partial charge in [-0.15, -0.1) is 0 Å². The first-order valence-electron chi connectivity index (χ1n) is 8.39. The van der Waals surface area contributed by atoms with Crippen LogP contribution in [0.5, 0.6) is 5.88 Å². The van der Waals surface area contributed by atoms with Gasteiger partial charge in [0.1, 0.15) is 0 Å². The Bertz CT molecular complexity index is 1140. The number of aromatic nitrogens is 2. The molecule has 1 heterocycles. The summed E-state index contributed by atoms with van der Waals surface area (Å²) >= 11 is 0.